The summed E-state index contributed by atoms with van der Waals surface area (Å²) in [5, 5.41) is 12.1. The molecule has 0 unspecified atom stereocenters. The quantitative estimate of drug-likeness (QED) is 0.706. The number of ether oxygens (including phenoxy) is 2. The summed E-state index contributed by atoms with van der Waals surface area (Å²) in [5.41, 5.74) is 6.09. The van der Waals surface area contributed by atoms with E-state index in [1.54, 1.807) is 18.2 Å². The van der Waals surface area contributed by atoms with Crippen LogP contribution in [0.3, 0.4) is 0 Å². The van der Waals surface area contributed by atoms with E-state index in [0.29, 0.717) is 17.2 Å². The summed E-state index contributed by atoms with van der Waals surface area (Å²) in [5.74, 6) is 0.836. The number of nitrogens with one attached hydrogen (secondary N) is 2. The molecule has 2 aromatic rings. The van der Waals surface area contributed by atoms with Crippen LogP contribution in [0.4, 0.5) is 11.5 Å². The van der Waals surface area contributed by atoms with E-state index < -0.39 is 5.91 Å². The number of carbonyl (C=O) groups is 1. The Morgan fingerprint density at radius 2 is 2.17 bits per heavy atom. The maximum atomic E-state index is 11.8. The van der Waals surface area contributed by atoms with Crippen LogP contribution in [-0.2, 0) is 0 Å². The van der Waals surface area contributed by atoms with Crippen molar-refractivity contribution in [1.82, 2.24) is 15.4 Å². The lowest BCUT2D eigenvalue weighted by atomic mass is 10.2. The van der Waals surface area contributed by atoms with Crippen molar-refractivity contribution < 1.29 is 14.3 Å². The number of H-pyrrole nitrogens is 1. The van der Waals surface area contributed by atoms with Gasteiger partial charge in [-0.15, -0.1) is 10.2 Å². The van der Waals surface area contributed by atoms with Crippen LogP contribution in [0.25, 0.3) is 0 Å². The Labute approximate surface area is 101 Å². The normalized spacial score (nSPS) is 12.4. The first-order chi connectivity index (χ1) is 8.74. The van der Waals surface area contributed by atoms with Crippen molar-refractivity contribution >= 4 is 17.4 Å². The molecule has 1 aliphatic heterocycles. The zero-order chi connectivity index (χ0) is 12.5. The molecular formula is C10H9N5O3. The van der Waals surface area contributed by atoms with E-state index in [1.807, 2.05) is 0 Å². The summed E-state index contributed by atoms with van der Waals surface area (Å²) in [6.07, 6.45) is 0. The van der Waals surface area contributed by atoms with Crippen LogP contribution in [-0.4, -0.2) is 28.1 Å². The van der Waals surface area contributed by atoms with E-state index in [0.717, 1.165) is 0 Å². The molecule has 0 atom stereocenters. The first-order valence-electron chi connectivity index (χ1n) is 5.11. The molecule has 0 saturated heterocycles. The summed E-state index contributed by atoms with van der Waals surface area (Å²) in [6, 6.07) is 5.07. The topological polar surface area (TPSA) is 115 Å². The average Bonchev–Trinajstić information content (AvgIpc) is 2.96. The molecule has 1 aliphatic rings. The number of aromatic nitrogens is 3. The van der Waals surface area contributed by atoms with Crippen LogP contribution >= 0.6 is 0 Å². The number of benzene rings is 1. The first kappa shape index (κ1) is 10.4. The van der Waals surface area contributed by atoms with Gasteiger partial charge in [-0.05, 0) is 12.1 Å². The number of nitrogen functional groups attached to an aromatic ring is 1. The summed E-state index contributed by atoms with van der Waals surface area (Å²) >= 11 is 0. The maximum absolute atomic E-state index is 11.8. The number of amides is 1. The molecule has 1 aromatic heterocycles. The Morgan fingerprint density at radius 1 is 1.33 bits per heavy atom. The molecule has 0 bridgehead atoms. The molecule has 0 aliphatic carbocycles. The highest BCUT2D eigenvalue weighted by molar-refractivity contribution is 6.05. The Balaban J connectivity index is 1.81. The number of nitrogens with two attached hydrogens (primary N) is 1. The van der Waals surface area contributed by atoms with Crippen molar-refractivity contribution in [2.75, 3.05) is 17.8 Å². The van der Waals surface area contributed by atoms with E-state index in [2.05, 4.69) is 20.7 Å². The van der Waals surface area contributed by atoms with E-state index in [1.165, 1.54) is 0 Å². The molecule has 3 rings (SSSR count). The minimum atomic E-state index is -0.444. The fourth-order valence-corrected chi connectivity index (χ4v) is 1.57. The van der Waals surface area contributed by atoms with E-state index >= 15 is 0 Å². The van der Waals surface area contributed by atoms with Crippen LogP contribution in [0.1, 0.15) is 10.5 Å². The third-order valence-corrected chi connectivity index (χ3v) is 2.42. The van der Waals surface area contributed by atoms with Gasteiger partial charge < -0.3 is 20.5 Å². The lowest BCUT2D eigenvalue weighted by molar-refractivity contribution is 0.102. The Morgan fingerprint density at radius 3 is 2.94 bits per heavy atom. The molecule has 4 N–H and O–H groups in total. The zero-order valence-corrected chi connectivity index (χ0v) is 9.14. The molecular weight excluding hydrogens is 238 g/mol. The zero-order valence-electron chi connectivity index (χ0n) is 9.14. The number of fused-ring (bicyclic) bond motifs is 1. The SMILES string of the molecule is Nc1n[nH]nc1C(=O)Nc1ccc2c(c1)OCO2. The van der Waals surface area contributed by atoms with Gasteiger partial charge in [0.2, 0.25) is 6.79 Å². The van der Waals surface area contributed by atoms with Gasteiger partial charge in [-0.2, -0.15) is 5.21 Å². The number of nitrogens with zero attached hydrogens (tertiary/aromatic N) is 2. The van der Waals surface area contributed by atoms with Gasteiger partial charge in [-0.3, -0.25) is 4.79 Å². The van der Waals surface area contributed by atoms with Crippen LogP contribution < -0.4 is 20.5 Å². The van der Waals surface area contributed by atoms with E-state index in [-0.39, 0.29) is 18.3 Å². The van der Waals surface area contributed by atoms with Gasteiger partial charge in [-0.1, -0.05) is 0 Å². The summed E-state index contributed by atoms with van der Waals surface area (Å²) in [7, 11) is 0. The predicted octanol–water partition coefficient (Wildman–Crippen LogP) is 0.368. The molecule has 2 heterocycles. The largest absolute Gasteiger partial charge is 0.454 e. The summed E-state index contributed by atoms with van der Waals surface area (Å²) in [4.78, 5) is 11.8. The van der Waals surface area contributed by atoms with Gasteiger partial charge in [-0.25, -0.2) is 0 Å². The fourth-order valence-electron chi connectivity index (χ4n) is 1.57. The van der Waals surface area contributed by atoms with Gasteiger partial charge in [0.15, 0.2) is 23.0 Å². The molecule has 0 spiro atoms. The molecule has 0 fully saturated rings. The number of rotatable bonds is 2. The third kappa shape index (κ3) is 1.69. The molecule has 18 heavy (non-hydrogen) atoms. The average molecular weight is 247 g/mol. The number of aromatic amines is 1. The monoisotopic (exact) mass is 247 g/mol. The molecule has 8 heteroatoms. The fraction of sp³-hybridized carbons (Fsp3) is 0.100. The standard InChI is InChI=1S/C10H9N5O3/c11-9-8(13-15-14-9)10(16)12-5-1-2-6-7(3-5)18-4-17-6/h1-3H,4H2,(H,12,16)(H3,11,13,14,15). The number of anilines is 2. The first-order valence-corrected chi connectivity index (χ1v) is 5.11. The molecule has 92 valence electrons. The lowest BCUT2D eigenvalue weighted by Gasteiger charge is -2.04. The van der Waals surface area contributed by atoms with Crippen molar-refractivity contribution in [3.05, 3.63) is 23.9 Å². The molecule has 0 radical (unpaired) electrons. The smallest absolute Gasteiger partial charge is 0.280 e. The highest BCUT2D eigenvalue weighted by Gasteiger charge is 2.17. The minimum absolute atomic E-state index is 0.0488. The summed E-state index contributed by atoms with van der Waals surface area (Å²) < 4.78 is 10.4. The Kier molecular flexibility index (Phi) is 2.26. The third-order valence-electron chi connectivity index (χ3n) is 2.42. The second kappa shape index (κ2) is 3.91. The second-order valence-corrected chi connectivity index (χ2v) is 3.58. The second-order valence-electron chi connectivity index (χ2n) is 3.58. The van der Waals surface area contributed by atoms with Crippen molar-refractivity contribution in [1.29, 1.82) is 0 Å². The molecule has 0 saturated carbocycles. The van der Waals surface area contributed by atoms with E-state index in [4.69, 9.17) is 15.2 Å². The Hall–Kier alpha value is -2.77. The van der Waals surface area contributed by atoms with Crippen molar-refractivity contribution in [3.63, 3.8) is 0 Å². The minimum Gasteiger partial charge on any atom is -0.454 e. The molecule has 1 amide bonds. The van der Waals surface area contributed by atoms with Crippen LogP contribution in [0, 0.1) is 0 Å². The van der Waals surface area contributed by atoms with Crippen LogP contribution in [0.5, 0.6) is 11.5 Å². The highest BCUT2D eigenvalue weighted by Crippen LogP contribution is 2.34. The highest BCUT2D eigenvalue weighted by atomic mass is 16.7. The van der Waals surface area contributed by atoms with Crippen molar-refractivity contribution in [2.24, 2.45) is 0 Å². The lowest BCUT2D eigenvalue weighted by Crippen LogP contribution is -2.14. The van der Waals surface area contributed by atoms with Crippen LogP contribution in [0.15, 0.2) is 18.2 Å². The maximum Gasteiger partial charge on any atom is 0.280 e. The van der Waals surface area contributed by atoms with Gasteiger partial charge in [0.1, 0.15) is 0 Å². The van der Waals surface area contributed by atoms with Crippen molar-refractivity contribution in [2.45, 2.75) is 0 Å². The van der Waals surface area contributed by atoms with Gasteiger partial charge >= 0.3 is 0 Å². The Bertz CT molecular complexity index is 609. The number of hydrogen-bond donors (Lipinski definition) is 3. The van der Waals surface area contributed by atoms with E-state index in [9.17, 15) is 4.79 Å². The van der Waals surface area contributed by atoms with Crippen molar-refractivity contribution in [3.8, 4) is 11.5 Å². The predicted molar refractivity (Wildman–Crippen MR) is 61.3 cm³/mol. The van der Waals surface area contributed by atoms with Gasteiger partial charge in [0, 0.05) is 11.8 Å². The van der Waals surface area contributed by atoms with Gasteiger partial charge in [0.05, 0.1) is 0 Å². The number of carbonyl (C=O) groups excluding carboxylic acids is 1. The van der Waals surface area contributed by atoms with Gasteiger partial charge in [0.25, 0.3) is 5.91 Å². The molecule has 8 nitrogen and oxygen atoms in total. The summed E-state index contributed by atoms with van der Waals surface area (Å²) in [6.45, 7) is 0.183. The number of hydrogen-bond acceptors (Lipinski definition) is 6. The molecule has 1 aromatic carbocycles. The van der Waals surface area contributed by atoms with Crippen LogP contribution in [0.2, 0.25) is 0 Å².